The van der Waals surface area contributed by atoms with E-state index in [1.165, 1.54) is 57.9 Å². The average molecular weight is 196 g/mol. The molecule has 0 aromatic carbocycles. The van der Waals surface area contributed by atoms with E-state index >= 15 is 0 Å². The third kappa shape index (κ3) is 2.96. The van der Waals surface area contributed by atoms with E-state index in [1.807, 2.05) is 0 Å². The molecule has 2 heteroatoms. The minimum atomic E-state index is 0.488. The molecule has 82 valence electrons. The Bertz CT molecular complexity index is 158. The normalized spacial score (nSPS) is 34.1. The van der Waals surface area contributed by atoms with E-state index in [9.17, 15) is 0 Å². The molecule has 2 nitrogen and oxygen atoms in total. The molecule has 2 aliphatic carbocycles. The van der Waals surface area contributed by atoms with Gasteiger partial charge in [-0.15, -0.1) is 0 Å². The predicted octanol–water partition coefficient (Wildman–Crippen LogP) is 2.04. The van der Waals surface area contributed by atoms with Gasteiger partial charge in [0.1, 0.15) is 0 Å². The van der Waals surface area contributed by atoms with Crippen molar-refractivity contribution in [3.8, 4) is 0 Å². The Balaban J connectivity index is 1.50. The summed E-state index contributed by atoms with van der Waals surface area (Å²) in [6.07, 6.45) is 11.2. The highest BCUT2D eigenvalue weighted by atomic mass is 14.9. The highest BCUT2D eigenvalue weighted by molar-refractivity contribution is 4.87. The van der Waals surface area contributed by atoms with Crippen molar-refractivity contribution in [3.63, 3.8) is 0 Å². The first-order valence-corrected chi connectivity index (χ1v) is 6.33. The molecule has 2 fully saturated rings. The Hall–Kier alpha value is -0.0800. The molecule has 14 heavy (non-hydrogen) atoms. The molecule has 2 saturated carbocycles. The van der Waals surface area contributed by atoms with Crippen LogP contribution in [0, 0.1) is 5.92 Å². The molecule has 0 bridgehead atoms. The summed E-state index contributed by atoms with van der Waals surface area (Å²) in [5.41, 5.74) is 5.74. The van der Waals surface area contributed by atoms with E-state index in [0.29, 0.717) is 6.04 Å². The first kappa shape index (κ1) is 10.4. The molecule has 0 atom stereocenters. The Labute approximate surface area is 87.6 Å². The number of nitrogens with one attached hydrogen (secondary N) is 1. The van der Waals surface area contributed by atoms with Crippen molar-refractivity contribution >= 4 is 0 Å². The molecule has 0 unspecified atom stereocenters. The maximum Gasteiger partial charge on any atom is 0.00965 e. The minimum Gasteiger partial charge on any atom is -0.328 e. The third-order valence-corrected chi connectivity index (χ3v) is 3.88. The first-order chi connectivity index (χ1) is 6.84. The lowest BCUT2D eigenvalue weighted by atomic mass is 9.85. The molecule has 0 spiro atoms. The van der Waals surface area contributed by atoms with E-state index in [2.05, 4.69) is 5.32 Å². The lowest BCUT2D eigenvalue weighted by molar-refractivity contribution is 0.271. The second kappa shape index (κ2) is 5.13. The second-order valence-electron chi connectivity index (χ2n) is 5.18. The summed E-state index contributed by atoms with van der Waals surface area (Å²) < 4.78 is 0. The van der Waals surface area contributed by atoms with E-state index in [1.54, 1.807) is 0 Å². The second-order valence-corrected chi connectivity index (χ2v) is 5.18. The van der Waals surface area contributed by atoms with Crippen molar-refractivity contribution in [2.45, 2.75) is 63.5 Å². The van der Waals surface area contributed by atoms with Crippen LogP contribution >= 0.6 is 0 Å². The molecular weight excluding hydrogens is 172 g/mol. The number of rotatable bonds is 4. The Morgan fingerprint density at radius 1 is 1.07 bits per heavy atom. The molecule has 0 saturated heterocycles. The summed E-state index contributed by atoms with van der Waals surface area (Å²) >= 11 is 0. The van der Waals surface area contributed by atoms with Crippen LogP contribution < -0.4 is 11.1 Å². The molecule has 0 heterocycles. The average Bonchev–Trinajstić information content (AvgIpc) is 2.17. The molecule has 0 aromatic rings. The highest BCUT2D eigenvalue weighted by Crippen LogP contribution is 2.26. The van der Waals surface area contributed by atoms with Crippen LogP contribution in [0.4, 0.5) is 0 Å². The van der Waals surface area contributed by atoms with E-state index in [-0.39, 0.29) is 0 Å². The Kier molecular flexibility index (Phi) is 3.82. The molecule has 2 rings (SSSR count). The SMILES string of the molecule is NC1CC(NCCC2CCCCC2)C1. The lowest BCUT2D eigenvalue weighted by Gasteiger charge is -2.33. The smallest absolute Gasteiger partial charge is 0.00965 e. The van der Waals surface area contributed by atoms with Gasteiger partial charge in [0.15, 0.2) is 0 Å². The summed E-state index contributed by atoms with van der Waals surface area (Å²) in [7, 11) is 0. The summed E-state index contributed by atoms with van der Waals surface area (Å²) in [5, 5.41) is 3.62. The summed E-state index contributed by atoms with van der Waals surface area (Å²) in [6.45, 7) is 1.22. The van der Waals surface area contributed by atoms with Gasteiger partial charge in [0.25, 0.3) is 0 Å². The molecule has 0 radical (unpaired) electrons. The Morgan fingerprint density at radius 2 is 1.79 bits per heavy atom. The fraction of sp³-hybridized carbons (Fsp3) is 1.00. The third-order valence-electron chi connectivity index (χ3n) is 3.88. The van der Waals surface area contributed by atoms with E-state index in [4.69, 9.17) is 5.73 Å². The van der Waals surface area contributed by atoms with Gasteiger partial charge >= 0.3 is 0 Å². The van der Waals surface area contributed by atoms with E-state index in [0.717, 1.165) is 12.0 Å². The van der Waals surface area contributed by atoms with Crippen molar-refractivity contribution in [2.24, 2.45) is 11.7 Å². The van der Waals surface area contributed by atoms with Gasteiger partial charge in [0, 0.05) is 12.1 Å². The zero-order chi connectivity index (χ0) is 9.80. The van der Waals surface area contributed by atoms with Gasteiger partial charge in [-0.25, -0.2) is 0 Å². The van der Waals surface area contributed by atoms with Crippen LogP contribution in [0.25, 0.3) is 0 Å². The summed E-state index contributed by atoms with van der Waals surface area (Å²) in [5.74, 6) is 1.02. The lowest BCUT2D eigenvalue weighted by Crippen LogP contribution is -2.48. The number of hydrogen-bond acceptors (Lipinski definition) is 2. The van der Waals surface area contributed by atoms with Gasteiger partial charge in [0.05, 0.1) is 0 Å². The van der Waals surface area contributed by atoms with Gasteiger partial charge in [-0.3, -0.25) is 0 Å². The van der Waals surface area contributed by atoms with Crippen molar-refractivity contribution in [3.05, 3.63) is 0 Å². The number of nitrogens with two attached hydrogens (primary N) is 1. The molecular formula is C12H24N2. The van der Waals surface area contributed by atoms with Crippen LogP contribution in [0.15, 0.2) is 0 Å². The molecule has 0 amide bonds. The van der Waals surface area contributed by atoms with Crippen molar-refractivity contribution in [2.75, 3.05) is 6.54 Å². The highest BCUT2D eigenvalue weighted by Gasteiger charge is 2.25. The van der Waals surface area contributed by atoms with Gasteiger partial charge in [-0.2, -0.15) is 0 Å². The van der Waals surface area contributed by atoms with Crippen LogP contribution in [0.1, 0.15) is 51.4 Å². The van der Waals surface area contributed by atoms with Crippen LogP contribution in [0.5, 0.6) is 0 Å². The monoisotopic (exact) mass is 196 g/mol. The first-order valence-electron chi connectivity index (χ1n) is 6.33. The van der Waals surface area contributed by atoms with Crippen molar-refractivity contribution < 1.29 is 0 Å². The van der Waals surface area contributed by atoms with Crippen LogP contribution in [-0.2, 0) is 0 Å². The molecule has 0 aromatic heterocycles. The molecule has 3 N–H and O–H groups in total. The molecule has 2 aliphatic rings. The zero-order valence-electron chi connectivity index (χ0n) is 9.17. The topological polar surface area (TPSA) is 38.0 Å². The minimum absolute atomic E-state index is 0.488. The number of hydrogen-bond donors (Lipinski definition) is 2. The maximum absolute atomic E-state index is 5.74. The molecule has 0 aliphatic heterocycles. The fourth-order valence-electron chi connectivity index (χ4n) is 2.80. The van der Waals surface area contributed by atoms with Crippen molar-refractivity contribution in [1.82, 2.24) is 5.32 Å². The summed E-state index contributed by atoms with van der Waals surface area (Å²) in [6, 6.07) is 1.23. The quantitative estimate of drug-likeness (QED) is 0.722. The fourth-order valence-corrected chi connectivity index (χ4v) is 2.80. The largest absolute Gasteiger partial charge is 0.328 e. The summed E-state index contributed by atoms with van der Waals surface area (Å²) in [4.78, 5) is 0. The van der Waals surface area contributed by atoms with Gasteiger partial charge in [0.2, 0.25) is 0 Å². The van der Waals surface area contributed by atoms with E-state index < -0.39 is 0 Å². The van der Waals surface area contributed by atoms with Crippen LogP contribution in [-0.4, -0.2) is 18.6 Å². The van der Waals surface area contributed by atoms with Gasteiger partial charge in [-0.1, -0.05) is 32.1 Å². The predicted molar refractivity (Wildman–Crippen MR) is 60.2 cm³/mol. The standard InChI is InChI=1S/C12H24N2/c13-11-8-12(9-11)14-7-6-10-4-2-1-3-5-10/h10-12,14H,1-9,13H2. The zero-order valence-corrected chi connectivity index (χ0v) is 9.17. The van der Waals surface area contributed by atoms with Crippen LogP contribution in [0.3, 0.4) is 0 Å². The maximum atomic E-state index is 5.74. The van der Waals surface area contributed by atoms with Crippen LogP contribution in [0.2, 0.25) is 0 Å². The Morgan fingerprint density at radius 3 is 2.43 bits per heavy atom. The van der Waals surface area contributed by atoms with Gasteiger partial charge in [-0.05, 0) is 31.7 Å². The van der Waals surface area contributed by atoms with Gasteiger partial charge < -0.3 is 11.1 Å². The van der Waals surface area contributed by atoms with Crippen molar-refractivity contribution in [1.29, 1.82) is 0 Å².